The molecule has 0 fully saturated rings. The summed E-state index contributed by atoms with van der Waals surface area (Å²) in [6, 6.07) is 0. The highest BCUT2D eigenvalue weighted by atomic mass is 28.4. The molecule has 3 atom stereocenters. The van der Waals surface area contributed by atoms with E-state index in [0.29, 0.717) is 12.3 Å². The molecular formula is C20H48N2O6Si4. The van der Waals surface area contributed by atoms with E-state index in [1.807, 2.05) is 0 Å². The molecule has 32 heavy (non-hydrogen) atoms. The van der Waals surface area contributed by atoms with Crippen molar-refractivity contribution in [3.8, 4) is 0 Å². The number of hydrogen-bond acceptors (Lipinski definition) is 8. The van der Waals surface area contributed by atoms with Crippen LogP contribution in [0.3, 0.4) is 0 Å². The van der Waals surface area contributed by atoms with Crippen LogP contribution in [0.25, 0.3) is 0 Å². The van der Waals surface area contributed by atoms with Crippen LogP contribution in [-0.4, -0.2) is 84.3 Å². The molecule has 8 nitrogen and oxygen atoms in total. The second-order valence-corrected chi connectivity index (χ2v) is 29.5. The van der Waals surface area contributed by atoms with Gasteiger partial charge in [0.05, 0.1) is 18.9 Å². The Bertz CT molecular complexity index is 607. The molecule has 0 N–H and O–H groups in total. The minimum Gasteiger partial charge on any atom is -0.415 e. The van der Waals surface area contributed by atoms with Gasteiger partial charge in [-0.25, -0.2) is 0 Å². The van der Waals surface area contributed by atoms with E-state index in [-0.39, 0.29) is 6.10 Å². The molecule has 0 aliphatic carbocycles. The lowest BCUT2D eigenvalue weighted by Gasteiger charge is -2.39. The Kier molecular flexibility index (Phi) is 12.8. The van der Waals surface area contributed by atoms with E-state index in [4.69, 9.17) is 27.4 Å². The fraction of sp³-hybridized carbons (Fsp3) is 0.900. The van der Waals surface area contributed by atoms with E-state index < -0.39 is 45.5 Å². The summed E-state index contributed by atoms with van der Waals surface area (Å²) in [6.45, 7) is 26.2. The third-order valence-electron chi connectivity index (χ3n) is 3.57. The van der Waals surface area contributed by atoms with Gasteiger partial charge in [-0.1, -0.05) is 10.3 Å². The molecule has 0 rings (SSSR count). The maximum atomic E-state index is 6.69. The first kappa shape index (κ1) is 31.6. The minimum atomic E-state index is -2.03. The normalized spacial score (nSPS) is 17.4. The molecule has 0 unspecified atom stereocenters. The SMILES string of the molecule is CO/N=C/[C@@H](O[Si](C)(C)C)/C(=N\OC)[C@@H](O[Si](C)(C)C)[C@H](CO[Si](C)(C)C)O[Si](C)(C)C. The second-order valence-electron chi connectivity index (χ2n) is 11.6. The van der Waals surface area contributed by atoms with Crippen molar-refractivity contribution in [3.05, 3.63) is 0 Å². The number of hydrogen-bond donors (Lipinski definition) is 0. The van der Waals surface area contributed by atoms with Crippen LogP contribution in [0.4, 0.5) is 0 Å². The molecule has 0 heterocycles. The fourth-order valence-electron chi connectivity index (χ4n) is 2.71. The van der Waals surface area contributed by atoms with Crippen LogP contribution in [0.1, 0.15) is 0 Å². The van der Waals surface area contributed by atoms with Gasteiger partial charge in [0.1, 0.15) is 32.1 Å². The van der Waals surface area contributed by atoms with Crippen molar-refractivity contribution in [1.82, 2.24) is 0 Å². The summed E-state index contributed by atoms with van der Waals surface area (Å²) in [5.41, 5.74) is 0.584. The molecule has 0 aromatic rings. The summed E-state index contributed by atoms with van der Waals surface area (Å²) < 4.78 is 26.1. The molecule has 12 heteroatoms. The fourth-order valence-corrected chi connectivity index (χ4v) is 6.45. The maximum Gasteiger partial charge on any atom is 0.185 e. The molecule has 0 spiro atoms. The van der Waals surface area contributed by atoms with Crippen molar-refractivity contribution in [2.24, 2.45) is 10.3 Å². The van der Waals surface area contributed by atoms with Gasteiger partial charge >= 0.3 is 0 Å². The zero-order valence-electron chi connectivity index (χ0n) is 22.9. The Balaban J connectivity index is 6.54. The Labute approximate surface area is 200 Å². The standard InChI is InChI=1S/C20H48N2O6Si4/c1-23-21-15-17(26-30(6,7)8)19(22-24-2)20(28-32(12,13)14)18(27-31(9,10)11)16-25-29(3,4)5/h15,17-18,20H,16H2,1-14H3/b21-15+,22-19+/t17-,18+,20+/m1/s1. The van der Waals surface area contributed by atoms with Crippen LogP contribution in [0.2, 0.25) is 78.6 Å². The van der Waals surface area contributed by atoms with E-state index in [1.54, 1.807) is 6.21 Å². The molecule has 0 aromatic heterocycles. The van der Waals surface area contributed by atoms with E-state index in [1.165, 1.54) is 14.2 Å². The molecule has 0 amide bonds. The van der Waals surface area contributed by atoms with Crippen LogP contribution in [0.5, 0.6) is 0 Å². The van der Waals surface area contributed by atoms with Crippen LogP contribution >= 0.6 is 0 Å². The molecule has 0 aliphatic heterocycles. The summed E-state index contributed by atoms with van der Waals surface area (Å²) >= 11 is 0. The van der Waals surface area contributed by atoms with E-state index in [9.17, 15) is 0 Å². The van der Waals surface area contributed by atoms with Crippen molar-refractivity contribution in [1.29, 1.82) is 0 Å². The van der Waals surface area contributed by atoms with Gasteiger partial charge in [-0.2, -0.15) is 0 Å². The molecule has 0 saturated heterocycles. The molecule has 0 aromatic carbocycles. The van der Waals surface area contributed by atoms with Crippen molar-refractivity contribution >= 4 is 45.2 Å². The summed E-state index contributed by atoms with van der Waals surface area (Å²) in [5.74, 6) is 0. The van der Waals surface area contributed by atoms with Crippen LogP contribution in [0, 0.1) is 0 Å². The first-order valence-corrected chi connectivity index (χ1v) is 24.8. The van der Waals surface area contributed by atoms with Gasteiger partial charge in [0, 0.05) is 0 Å². The topological polar surface area (TPSA) is 80.1 Å². The van der Waals surface area contributed by atoms with Gasteiger partial charge in [-0.3, -0.25) is 0 Å². The Morgan fingerprint density at radius 1 is 0.688 bits per heavy atom. The monoisotopic (exact) mass is 524 g/mol. The van der Waals surface area contributed by atoms with Crippen molar-refractivity contribution < 1.29 is 27.4 Å². The van der Waals surface area contributed by atoms with Gasteiger partial charge in [0.2, 0.25) is 0 Å². The maximum absolute atomic E-state index is 6.69. The molecule has 190 valence electrons. The minimum absolute atomic E-state index is 0.349. The zero-order chi connectivity index (χ0) is 25.4. The Hall–Kier alpha value is -0.352. The predicted molar refractivity (Wildman–Crippen MR) is 144 cm³/mol. The summed E-state index contributed by atoms with van der Waals surface area (Å²) in [6.07, 6.45) is 0.191. The quantitative estimate of drug-likeness (QED) is 0.168. The Morgan fingerprint density at radius 3 is 1.56 bits per heavy atom. The van der Waals surface area contributed by atoms with Crippen molar-refractivity contribution in [2.75, 3.05) is 20.8 Å². The highest BCUT2D eigenvalue weighted by Crippen LogP contribution is 2.23. The van der Waals surface area contributed by atoms with Gasteiger partial charge in [-0.15, -0.1) is 0 Å². The number of rotatable bonds is 15. The lowest BCUT2D eigenvalue weighted by molar-refractivity contribution is 0.0386. The second kappa shape index (κ2) is 12.9. The molecule has 0 aliphatic rings. The average Bonchev–Trinajstić information content (AvgIpc) is 2.55. The average molecular weight is 525 g/mol. The summed E-state index contributed by atoms with van der Waals surface area (Å²) in [5, 5.41) is 8.39. The van der Waals surface area contributed by atoms with Crippen molar-refractivity contribution in [3.63, 3.8) is 0 Å². The Morgan fingerprint density at radius 2 is 1.19 bits per heavy atom. The van der Waals surface area contributed by atoms with Crippen LogP contribution in [-0.2, 0) is 27.4 Å². The lowest BCUT2D eigenvalue weighted by atomic mass is 10.1. The van der Waals surface area contributed by atoms with E-state index in [0.717, 1.165) is 0 Å². The van der Waals surface area contributed by atoms with Gasteiger partial charge in [0.15, 0.2) is 33.3 Å². The van der Waals surface area contributed by atoms with Gasteiger partial charge in [0.25, 0.3) is 0 Å². The third-order valence-corrected chi connectivity index (χ3v) is 7.53. The van der Waals surface area contributed by atoms with Gasteiger partial charge < -0.3 is 27.4 Å². The van der Waals surface area contributed by atoms with Crippen LogP contribution < -0.4 is 0 Å². The van der Waals surface area contributed by atoms with Crippen LogP contribution in [0.15, 0.2) is 10.3 Å². The lowest BCUT2D eigenvalue weighted by Crippen LogP contribution is -2.55. The summed E-state index contributed by atoms with van der Waals surface area (Å²) in [4.78, 5) is 10.2. The number of oxime groups is 2. The largest absolute Gasteiger partial charge is 0.415 e. The molecule has 0 radical (unpaired) electrons. The predicted octanol–water partition coefficient (Wildman–Crippen LogP) is 5.13. The third kappa shape index (κ3) is 15.5. The number of nitrogens with zero attached hydrogens (tertiary/aromatic N) is 2. The van der Waals surface area contributed by atoms with Gasteiger partial charge in [-0.05, 0) is 78.6 Å². The smallest absolute Gasteiger partial charge is 0.185 e. The first-order valence-electron chi connectivity index (χ1n) is 11.1. The zero-order valence-corrected chi connectivity index (χ0v) is 26.9. The highest BCUT2D eigenvalue weighted by molar-refractivity contribution is 6.71. The first-order chi connectivity index (χ1) is 14.3. The molecule has 0 saturated carbocycles. The van der Waals surface area contributed by atoms with E-state index >= 15 is 0 Å². The highest BCUT2D eigenvalue weighted by Gasteiger charge is 2.40. The van der Waals surface area contributed by atoms with Crippen molar-refractivity contribution in [2.45, 2.75) is 96.9 Å². The molecule has 0 bridgehead atoms. The summed E-state index contributed by atoms with van der Waals surface area (Å²) in [7, 11) is -4.71. The van der Waals surface area contributed by atoms with E-state index in [2.05, 4.69) is 88.9 Å². The molecular weight excluding hydrogens is 477 g/mol.